The molecule has 2 N–H and O–H groups in total. The SMILES string of the molecule is CCc1nsc(Sc2cc(OC)ccc2N)n1. The van der Waals surface area contributed by atoms with Gasteiger partial charge in [0, 0.05) is 17.0 Å². The average molecular weight is 267 g/mol. The zero-order valence-electron chi connectivity index (χ0n) is 9.64. The molecule has 2 aromatic rings. The summed E-state index contributed by atoms with van der Waals surface area (Å²) in [5, 5.41) is 0. The molecule has 90 valence electrons. The van der Waals surface area contributed by atoms with Crippen LogP contribution < -0.4 is 10.5 Å². The molecule has 0 saturated carbocycles. The predicted molar refractivity (Wildman–Crippen MR) is 70.8 cm³/mol. The van der Waals surface area contributed by atoms with Gasteiger partial charge in [0.2, 0.25) is 0 Å². The van der Waals surface area contributed by atoms with Gasteiger partial charge in [0.1, 0.15) is 11.6 Å². The Morgan fingerprint density at radius 2 is 2.29 bits per heavy atom. The summed E-state index contributed by atoms with van der Waals surface area (Å²) >= 11 is 2.92. The van der Waals surface area contributed by atoms with Crippen molar-refractivity contribution in [1.82, 2.24) is 9.36 Å². The molecular formula is C11H13N3OS2. The van der Waals surface area contributed by atoms with Crippen molar-refractivity contribution >= 4 is 29.0 Å². The summed E-state index contributed by atoms with van der Waals surface area (Å²) in [7, 11) is 1.64. The van der Waals surface area contributed by atoms with E-state index >= 15 is 0 Å². The topological polar surface area (TPSA) is 61.0 Å². The zero-order valence-corrected chi connectivity index (χ0v) is 11.3. The normalized spacial score (nSPS) is 10.5. The van der Waals surface area contributed by atoms with E-state index in [1.54, 1.807) is 7.11 Å². The fourth-order valence-electron chi connectivity index (χ4n) is 1.25. The van der Waals surface area contributed by atoms with Crippen LogP contribution in [0.5, 0.6) is 5.75 Å². The minimum Gasteiger partial charge on any atom is -0.497 e. The predicted octanol–water partition coefficient (Wildman–Crippen LogP) is 2.84. The van der Waals surface area contributed by atoms with Crippen molar-refractivity contribution in [1.29, 1.82) is 0 Å². The van der Waals surface area contributed by atoms with Crippen molar-refractivity contribution in [3.8, 4) is 5.75 Å². The van der Waals surface area contributed by atoms with Crippen LogP contribution in [0.3, 0.4) is 0 Å². The van der Waals surface area contributed by atoms with Crippen LogP contribution in [0.1, 0.15) is 12.7 Å². The molecule has 1 aromatic carbocycles. The number of nitrogens with zero attached hydrogens (tertiary/aromatic N) is 2. The van der Waals surface area contributed by atoms with E-state index < -0.39 is 0 Å². The van der Waals surface area contributed by atoms with Gasteiger partial charge in [-0.1, -0.05) is 18.7 Å². The number of rotatable bonds is 4. The fraction of sp³-hybridized carbons (Fsp3) is 0.273. The van der Waals surface area contributed by atoms with Crippen molar-refractivity contribution in [2.24, 2.45) is 0 Å². The van der Waals surface area contributed by atoms with Crippen LogP contribution in [0.4, 0.5) is 5.69 Å². The third kappa shape index (κ3) is 2.89. The summed E-state index contributed by atoms with van der Waals surface area (Å²) < 4.78 is 10.3. The molecule has 0 aliphatic heterocycles. The molecule has 0 aliphatic rings. The number of ether oxygens (including phenoxy) is 1. The van der Waals surface area contributed by atoms with Crippen LogP contribution in [0.15, 0.2) is 27.4 Å². The van der Waals surface area contributed by atoms with Gasteiger partial charge in [-0.2, -0.15) is 4.37 Å². The molecule has 6 heteroatoms. The molecule has 0 amide bonds. The molecule has 1 aromatic heterocycles. The van der Waals surface area contributed by atoms with Gasteiger partial charge in [-0.3, -0.25) is 0 Å². The number of hydrogen-bond acceptors (Lipinski definition) is 6. The molecule has 0 spiro atoms. The standard InChI is InChI=1S/C11H13N3OS2/c1-3-10-13-11(17-14-10)16-9-6-7(15-2)4-5-8(9)12/h4-6H,3,12H2,1-2H3. The maximum absolute atomic E-state index is 5.91. The Labute approximate surface area is 108 Å². The van der Waals surface area contributed by atoms with Gasteiger partial charge in [0.25, 0.3) is 0 Å². The number of aromatic nitrogens is 2. The minimum atomic E-state index is 0.726. The summed E-state index contributed by atoms with van der Waals surface area (Å²) in [6, 6.07) is 5.59. The number of aryl methyl sites for hydroxylation is 1. The van der Waals surface area contributed by atoms with E-state index in [9.17, 15) is 0 Å². The Hall–Kier alpha value is -1.27. The van der Waals surface area contributed by atoms with Crippen molar-refractivity contribution in [2.75, 3.05) is 12.8 Å². The number of anilines is 1. The largest absolute Gasteiger partial charge is 0.497 e. The number of methoxy groups -OCH3 is 1. The molecule has 0 bridgehead atoms. The summed E-state index contributed by atoms with van der Waals surface area (Å²) in [4.78, 5) is 5.34. The van der Waals surface area contributed by atoms with E-state index in [4.69, 9.17) is 10.5 Å². The first-order valence-corrected chi connectivity index (χ1v) is 6.76. The molecule has 2 rings (SSSR count). The van der Waals surface area contributed by atoms with E-state index in [1.807, 2.05) is 25.1 Å². The van der Waals surface area contributed by atoms with Crippen LogP contribution >= 0.6 is 23.3 Å². The molecule has 0 fully saturated rings. The van der Waals surface area contributed by atoms with E-state index in [0.717, 1.165) is 32.9 Å². The van der Waals surface area contributed by atoms with Crippen molar-refractivity contribution in [2.45, 2.75) is 22.6 Å². The number of benzene rings is 1. The second kappa shape index (κ2) is 5.37. The second-order valence-electron chi connectivity index (χ2n) is 3.34. The van der Waals surface area contributed by atoms with Gasteiger partial charge in [-0.25, -0.2) is 4.98 Å². The maximum Gasteiger partial charge on any atom is 0.174 e. The summed E-state index contributed by atoms with van der Waals surface area (Å²) in [6.45, 7) is 2.04. The molecule has 0 saturated heterocycles. The molecule has 0 radical (unpaired) electrons. The van der Waals surface area contributed by atoms with Crippen LogP contribution in [-0.4, -0.2) is 16.5 Å². The highest BCUT2D eigenvalue weighted by Crippen LogP contribution is 2.35. The highest BCUT2D eigenvalue weighted by atomic mass is 32.2. The lowest BCUT2D eigenvalue weighted by atomic mass is 10.3. The molecule has 4 nitrogen and oxygen atoms in total. The lowest BCUT2D eigenvalue weighted by molar-refractivity contribution is 0.414. The van der Waals surface area contributed by atoms with E-state index in [1.165, 1.54) is 23.3 Å². The average Bonchev–Trinajstić information content (AvgIpc) is 2.80. The summed E-state index contributed by atoms with van der Waals surface area (Å²) in [5.74, 6) is 1.67. The number of nitrogens with two attached hydrogens (primary N) is 1. The number of nitrogen functional groups attached to an aromatic ring is 1. The van der Waals surface area contributed by atoms with Gasteiger partial charge in [0.05, 0.1) is 7.11 Å². The molecule has 0 unspecified atom stereocenters. The first kappa shape index (κ1) is 12.2. The van der Waals surface area contributed by atoms with Gasteiger partial charge >= 0.3 is 0 Å². The zero-order chi connectivity index (χ0) is 12.3. The maximum atomic E-state index is 5.91. The smallest absolute Gasteiger partial charge is 0.174 e. The third-order valence-corrected chi connectivity index (χ3v) is 4.05. The van der Waals surface area contributed by atoms with Crippen LogP contribution in [-0.2, 0) is 6.42 Å². The Morgan fingerprint density at radius 1 is 1.47 bits per heavy atom. The van der Waals surface area contributed by atoms with E-state index in [2.05, 4.69) is 9.36 Å². The fourth-order valence-corrected chi connectivity index (χ4v) is 2.98. The minimum absolute atomic E-state index is 0.726. The summed E-state index contributed by atoms with van der Waals surface area (Å²) in [5.41, 5.74) is 6.64. The van der Waals surface area contributed by atoms with E-state index in [-0.39, 0.29) is 0 Å². The Balaban J connectivity index is 2.22. The van der Waals surface area contributed by atoms with Crippen molar-refractivity contribution in [3.63, 3.8) is 0 Å². The first-order chi connectivity index (χ1) is 8.22. The van der Waals surface area contributed by atoms with Gasteiger partial charge in [0.15, 0.2) is 4.34 Å². The van der Waals surface area contributed by atoms with Crippen LogP contribution in [0.2, 0.25) is 0 Å². The quantitative estimate of drug-likeness (QED) is 0.863. The Morgan fingerprint density at radius 3 is 2.94 bits per heavy atom. The molecular weight excluding hydrogens is 254 g/mol. The molecule has 0 aliphatic carbocycles. The van der Waals surface area contributed by atoms with Gasteiger partial charge in [-0.15, -0.1) is 0 Å². The molecule has 17 heavy (non-hydrogen) atoms. The van der Waals surface area contributed by atoms with Gasteiger partial charge in [-0.05, 0) is 29.7 Å². The number of hydrogen-bond donors (Lipinski definition) is 1. The molecule has 1 heterocycles. The highest BCUT2D eigenvalue weighted by Gasteiger charge is 2.08. The van der Waals surface area contributed by atoms with Crippen LogP contribution in [0.25, 0.3) is 0 Å². The van der Waals surface area contributed by atoms with Crippen LogP contribution in [0, 0.1) is 0 Å². The lowest BCUT2D eigenvalue weighted by Crippen LogP contribution is -1.90. The summed E-state index contributed by atoms with van der Waals surface area (Å²) in [6.07, 6.45) is 0.852. The third-order valence-electron chi connectivity index (χ3n) is 2.18. The Bertz CT molecular complexity index is 513. The monoisotopic (exact) mass is 267 g/mol. The molecule has 0 atom stereocenters. The van der Waals surface area contributed by atoms with E-state index in [0.29, 0.717) is 0 Å². The lowest BCUT2D eigenvalue weighted by Gasteiger charge is -2.05. The first-order valence-electron chi connectivity index (χ1n) is 5.17. The van der Waals surface area contributed by atoms with Crippen molar-refractivity contribution in [3.05, 3.63) is 24.0 Å². The van der Waals surface area contributed by atoms with Crippen molar-refractivity contribution < 1.29 is 4.74 Å². The second-order valence-corrected chi connectivity index (χ2v) is 5.38. The Kier molecular flexibility index (Phi) is 3.86. The van der Waals surface area contributed by atoms with Gasteiger partial charge < -0.3 is 10.5 Å². The highest BCUT2D eigenvalue weighted by molar-refractivity contribution is 8.01.